The first kappa shape index (κ1) is 17.8. The number of ether oxygens (including phenoxy) is 1. The minimum absolute atomic E-state index is 0.298. The summed E-state index contributed by atoms with van der Waals surface area (Å²) in [6, 6.07) is 6.48. The lowest BCUT2D eigenvalue weighted by molar-refractivity contribution is 0.0694. The third kappa shape index (κ3) is 3.66. The molecular formula is C19H23N3O2S. The number of aromatic nitrogens is 2. The molecule has 6 heteroatoms. The van der Waals surface area contributed by atoms with Crippen molar-refractivity contribution in [2.75, 3.05) is 32.2 Å². The Morgan fingerprint density at radius 2 is 2.04 bits per heavy atom. The molecule has 1 N–H and O–H groups in total. The predicted molar refractivity (Wildman–Crippen MR) is 103 cm³/mol. The summed E-state index contributed by atoms with van der Waals surface area (Å²) in [6.07, 6.45) is 1.01. The smallest absolute Gasteiger partial charge is 0.141 e. The monoisotopic (exact) mass is 357 g/mol. The van der Waals surface area contributed by atoms with Crippen LogP contribution in [0.4, 0.5) is 5.82 Å². The summed E-state index contributed by atoms with van der Waals surface area (Å²) >= 11 is 1.61. The van der Waals surface area contributed by atoms with Gasteiger partial charge in [0.1, 0.15) is 17.0 Å². The molecule has 2 aromatic heterocycles. The molecule has 0 amide bonds. The number of methoxy groups -OCH3 is 1. The minimum Gasteiger partial charge on any atom is -0.389 e. The van der Waals surface area contributed by atoms with Crippen LogP contribution in [-0.4, -0.2) is 48.5 Å². The molecule has 25 heavy (non-hydrogen) atoms. The summed E-state index contributed by atoms with van der Waals surface area (Å²) in [5.74, 6) is 0.828. The van der Waals surface area contributed by atoms with Crippen LogP contribution in [0, 0.1) is 13.8 Å². The van der Waals surface area contributed by atoms with E-state index in [1.54, 1.807) is 24.8 Å². The molecule has 0 unspecified atom stereocenters. The average Bonchev–Trinajstić information content (AvgIpc) is 3.01. The Labute approximate surface area is 151 Å². The Kier molecular flexibility index (Phi) is 5.32. The van der Waals surface area contributed by atoms with Gasteiger partial charge in [-0.3, -0.25) is 0 Å². The Morgan fingerprint density at radius 3 is 2.76 bits per heavy atom. The SMILES string of the molecule is COC[C@H](O)CN(C)c1ncnc2scc(-c3ccc(C)c(C)c3)c12. The Morgan fingerprint density at radius 1 is 1.24 bits per heavy atom. The Balaban J connectivity index is 2.05. The number of thiophene rings is 1. The second kappa shape index (κ2) is 7.47. The van der Waals surface area contributed by atoms with E-state index in [2.05, 4.69) is 47.4 Å². The van der Waals surface area contributed by atoms with Crippen LogP contribution < -0.4 is 4.90 Å². The first-order chi connectivity index (χ1) is 12.0. The molecule has 1 aromatic carbocycles. The van der Waals surface area contributed by atoms with Gasteiger partial charge in [0.25, 0.3) is 0 Å². The predicted octanol–water partition coefficient (Wildman–Crippen LogP) is 3.42. The van der Waals surface area contributed by atoms with Crippen LogP contribution in [0.2, 0.25) is 0 Å². The third-order valence-electron chi connectivity index (χ3n) is 4.37. The number of hydrogen-bond acceptors (Lipinski definition) is 6. The van der Waals surface area contributed by atoms with E-state index in [1.165, 1.54) is 11.1 Å². The van der Waals surface area contributed by atoms with E-state index in [1.807, 2.05) is 11.9 Å². The highest BCUT2D eigenvalue weighted by molar-refractivity contribution is 7.17. The standard InChI is InChI=1S/C19H23N3O2S/c1-12-5-6-14(7-13(12)2)16-10-25-19-17(16)18(20-11-21-19)22(3)8-15(23)9-24-4/h5-7,10-11,15,23H,8-9H2,1-4H3/t15-/m1/s1. The average molecular weight is 357 g/mol. The maximum atomic E-state index is 10.0. The van der Waals surface area contributed by atoms with Crippen molar-refractivity contribution >= 4 is 27.4 Å². The molecule has 0 aliphatic heterocycles. The van der Waals surface area contributed by atoms with Gasteiger partial charge in [0, 0.05) is 31.6 Å². The molecule has 0 bridgehead atoms. The van der Waals surface area contributed by atoms with Crippen LogP contribution in [0.1, 0.15) is 11.1 Å². The van der Waals surface area contributed by atoms with Gasteiger partial charge in [-0.25, -0.2) is 9.97 Å². The molecule has 0 spiro atoms. The molecule has 5 nitrogen and oxygen atoms in total. The molecule has 132 valence electrons. The zero-order chi connectivity index (χ0) is 18.0. The van der Waals surface area contributed by atoms with Crippen molar-refractivity contribution in [2.24, 2.45) is 0 Å². The Hall–Kier alpha value is -2.02. The van der Waals surface area contributed by atoms with Crippen LogP contribution in [-0.2, 0) is 4.74 Å². The van der Waals surface area contributed by atoms with Gasteiger partial charge in [0.2, 0.25) is 0 Å². The number of aryl methyl sites for hydroxylation is 2. The zero-order valence-electron chi connectivity index (χ0n) is 15.0. The van der Waals surface area contributed by atoms with E-state index in [0.29, 0.717) is 13.2 Å². The normalized spacial score (nSPS) is 12.5. The number of hydrogen-bond donors (Lipinski definition) is 1. The molecule has 3 aromatic rings. The zero-order valence-corrected chi connectivity index (χ0v) is 15.8. The quantitative estimate of drug-likeness (QED) is 0.732. The number of fused-ring (bicyclic) bond motifs is 1. The molecule has 0 saturated heterocycles. The first-order valence-electron chi connectivity index (χ1n) is 8.19. The summed E-state index contributed by atoms with van der Waals surface area (Å²) in [4.78, 5) is 11.8. The lowest BCUT2D eigenvalue weighted by Gasteiger charge is -2.22. The van der Waals surface area contributed by atoms with Gasteiger partial charge in [0.05, 0.1) is 18.1 Å². The van der Waals surface area contributed by atoms with Crippen molar-refractivity contribution in [3.63, 3.8) is 0 Å². The van der Waals surface area contributed by atoms with Gasteiger partial charge in [0.15, 0.2) is 0 Å². The van der Waals surface area contributed by atoms with Crippen LogP contribution in [0.15, 0.2) is 29.9 Å². The van der Waals surface area contributed by atoms with Gasteiger partial charge in [-0.15, -0.1) is 11.3 Å². The molecule has 0 aliphatic rings. The van der Waals surface area contributed by atoms with E-state index < -0.39 is 6.10 Å². The van der Waals surface area contributed by atoms with Crippen molar-refractivity contribution in [3.8, 4) is 11.1 Å². The topological polar surface area (TPSA) is 58.5 Å². The molecule has 1 atom stereocenters. The molecule has 0 saturated carbocycles. The summed E-state index contributed by atoms with van der Waals surface area (Å²) < 4.78 is 5.02. The Bertz CT molecular complexity index is 878. The molecule has 0 aliphatic carbocycles. The fraction of sp³-hybridized carbons (Fsp3) is 0.368. The number of aliphatic hydroxyl groups excluding tert-OH is 1. The summed E-state index contributed by atoms with van der Waals surface area (Å²) in [5.41, 5.74) is 4.83. The first-order valence-corrected chi connectivity index (χ1v) is 9.07. The molecule has 2 heterocycles. The van der Waals surface area contributed by atoms with Crippen molar-refractivity contribution in [2.45, 2.75) is 20.0 Å². The maximum Gasteiger partial charge on any atom is 0.141 e. The van der Waals surface area contributed by atoms with Gasteiger partial charge >= 0.3 is 0 Å². The molecule has 0 radical (unpaired) electrons. The minimum atomic E-state index is -0.566. The fourth-order valence-corrected chi connectivity index (χ4v) is 3.83. The van der Waals surface area contributed by atoms with Crippen LogP contribution in [0.25, 0.3) is 21.3 Å². The van der Waals surface area contributed by atoms with Gasteiger partial charge in [-0.1, -0.05) is 18.2 Å². The highest BCUT2D eigenvalue weighted by atomic mass is 32.1. The highest BCUT2D eigenvalue weighted by Crippen LogP contribution is 2.38. The van der Waals surface area contributed by atoms with Crippen LogP contribution in [0.3, 0.4) is 0 Å². The maximum absolute atomic E-state index is 10.0. The summed E-state index contributed by atoms with van der Waals surface area (Å²) in [6.45, 7) is 4.98. The number of rotatable bonds is 6. The second-order valence-corrected chi connectivity index (χ2v) is 7.17. The van der Waals surface area contributed by atoms with E-state index in [-0.39, 0.29) is 0 Å². The van der Waals surface area contributed by atoms with E-state index in [4.69, 9.17) is 4.74 Å². The van der Waals surface area contributed by atoms with E-state index in [9.17, 15) is 5.11 Å². The highest BCUT2D eigenvalue weighted by Gasteiger charge is 2.18. The number of anilines is 1. The number of likely N-dealkylation sites (N-methyl/N-ethyl adjacent to an activating group) is 1. The molecule has 3 rings (SSSR count). The van der Waals surface area contributed by atoms with Gasteiger partial charge in [-0.05, 0) is 30.5 Å². The lowest BCUT2D eigenvalue weighted by atomic mass is 10.0. The van der Waals surface area contributed by atoms with E-state index >= 15 is 0 Å². The fourth-order valence-electron chi connectivity index (χ4n) is 2.92. The second-order valence-electron chi connectivity index (χ2n) is 6.32. The van der Waals surface area contributed by atoms with Crippen molar-refractivity contribution in [1.29, 1.82) is 0 Å². The van der Waals surface area contributed by atoms with Crippen molar-refractivity contribution in [1.82, 2.24) is 9.97 Å². The third-order valence-corrected chi connectivity index (χ3v) is 5.26. The molecular weight excluding hydrogens is 334 g/mol. The van der Waals surface area contributed by atoms with Crippen LogP contribution in [0.5, 0.6) is 0 Å². The van der Waals surface area contributed by atoms with Crippen molar-refractivity contribution in [3.05, 3.63) is 41.0 Å². The summed E-state index contributed by atoms with van der Waals surface area (Å²) in [5, 5.41) is 13.2. The lowest BCUT2D eigenvalue weighted by Crippen LogP contribution is -2.32. The largest absolute Gasteiger partial charge is 0.389 e. The van der Waals surface area contributed by atoms with E-state index in [0.717, 1.165) is 27.2 Å². The summed E-state index contributed by atoms with van der Waals surface area (Å²) in [7, 11) is 3.52. The van der Waals surface area contributed by atoms with Crippen molar-refractivity contribution < 1.29 is 9.84 Å². The molecule has 0 fully saturated rings. The number of nitrogens with zero attached hydrogens (tertiary/aromatic N) is 3. The van der Waals surface area contributed by atoms with Crippen LogP contribution >= 0.6 is 11.3 Å². The number of benzene rings is 1. The number of aliphatic hydroxyl groups is 1. The van der Waals surface area contributed by atoms with Gasteiger partial charge < -0.3 is 14.7 Å². The van der Waals surface area contributed by atoms with Gasteiger partial charge in [-0.2, -0.15) is 0 Å².